The van der Waals surface area contributed by atoms with Gasteiger partial charge in [0.1, 0.15) is 5.60 Å². The molecule has 1 aliphatic heterocycles. The second-order valence-electron chi connectivity index (χ2n) is 7.05. The molecule has 0 aromatic heterocycles. The van der Waals surface area contributed by atoms with Gasteiger partial charge >= 0.3 is 6.09 Å². The van der Waals surface area contributed by atoms with Crippen molar-refractivity contribution in [2.24, 2.45) is 5.10 Å². The number of carbonyl (C=O) groups excluding carboxylic acids is 1. The zero-order valence-corrected chi connectivity index (χ0v) is 15.9. The van der Waals surface area contributed by atoms with Crippen LogP contribution in [0.5, 0.6) is 0 Å². The summed E-state index contributed by atoms with van der Waals surface area (Å²) in [4.78, 5) is 16.1. The molecule has 138 valence electrons. The van der Waals surface area contributed by atoms with Crippen LogP contribution in [0.25, 0.3) is 0 Å². The lowest BCUT2D eigenvalue weighted by atomic mass is 10.1. The van der Waals surface area contributed by atoms with Crippen molar-refractivity contribution in [3.8, 4) is 0 Å². The van der Waals surface area contributed by atoms with E-state index in [0.717, 1.165) is 11.3 Å². The molecule has 0 saturated carbocycles. The van der Waals surface area contributed by atoms with E-state index in [0.29, 0.717) is 25.9 Å². The Morgan fingerprint density at radius 2 is 1.72 bits per heavy atom. The van der Waals surface area contributed by atoms with Gasteiger partial charge in [-0.3, -0.25) is 0 Å². The Balaban J connectivity index is 1.92. The molecule has 0 atom stereocenters. The van der Waals surface area contributed by atoms with Crippen LogP contribution in [-0.2, 0) is 14.8 Å². The monoisotopic (exact) mass is 367 g/mol. The summed E-state index contributed by atoms with van der Waals surface area (Å²) in [6, 6.07) is 6.56. The van der Waals surface area contributed by atoms with Crippen molar-refractivity contribution < 1.29 is 17.9 Å². The van der Waals surface area contributed by atoms with Crippen molar-refractivity contribution in [2.45, 2.75) is 51.0 Å². The van der Waals surface area contributed by atoms with Crippen LogP contribution < -0.4 is 4.83 Å². The number of ether oxygens (including phenoxy) is 1. The molecule has 0 radical (unpaired) electrons. The van der Waals surface area contributed by atoms with E-state index in [1.165, 1.54) is 0 Å². The van der Waals surface area contributed by atoms with Crippen molar-refractivity contribution in [2.75, 3.05) is 13.1 Å². The molecule has 0 aliphatic carbocycles. The third-order valence-electron chi connectivity index (χ3n) is 3.65. The first-order chi connectivity index (χ1) is 11.6. The minimum absolute atomic E-state index is 0.175. The van der Waals surface area contributed by atoms with E-state index in [4.69, 9.17) is 4.74 Å². The van der Waals surface area contributed by atoms with Gasteiger partial charge in [-0.25, -0.2) is 9.63 Å². The van der Waals surface area contributed by atoms with Gasteiger partial charge in [-0.15, -0.1) is 0 Å². The van der Waals surface area contributed by atoms with Gasteiger partial charge in [0.25, 0.3) is 10.0 Å². The third-order valence-corrected chi connectivity index (χ3v) is 4.87. The fraction of sp³-hybridized carbons (Fsp3) is 0.529. The molecule has 1 aromatic rings. The molecule has 0 unspecified atom stereocenters. The molecule has 1 amide bonds. The lowest BCUT2D eigenvalue weighted by Gasteiger charge is -2.30. The summed E-state index contributed by atoms with van der Waals surface area (Å²) in [7, 11) is -3.67. The predicted molar refractivity (Wildman–Crippen MR) is 96.0 cm³/mol. The van der Waals surface area contributed by atoms with Crippen molar-refractivity contribution >= 4 is 21.8 Å². The van der Waals surface area contributed by atoms with Gasteiger partial charge in [0.05, 0.1) is 4.90 Å². The number of hydrogen-bond acceptors (Lipinski definition) is 5. The lowest BCUT2D eigenvalue weighted by Crippen LogP contribution is -2.42. The van der Waals surface area contributed by atoms with Crippen LogP contribution in [0, 0.1) is 6.92 Å². The van der Waals surface area contributed by atoms with Gasteiger partial charge in [0.2, 0.25) is 0 Å². The highest BCUT2D eigenvalue weighted by Gasteiger charge is 2.25. The minimum atomic E-state index is -3.67. The van der Waals surface area contributed by atoms with E-state index in [2.05, 4.69) is 9.93 Å². The average Bonchev–Trinajstić information content (AvgIpc) is 2.52. The number of rotatable bonds is 3. The van der Waals surface area contributed by atoms with Gasteiger partial charge in [-0.05, 0) is 39.8 Å². The summed E-state index contributed by atoms with van der Waals surface area (Å²) in [6.07, 6.45) is 0.664. The summed E-state index contributed by atoms with van der Waals surface area (Å²) in [5.41, 5.74) is 1.17. The van der Waals surface area contributed by atoms with Crippen LogP contribution in [0.4, 0.5) is 4.79 Å². The number of benzene rings is 1. The highest BCUT2D eigenvalue weighted by Crippen LogP contribution is 2.15. The number of likely N-dealkylation sites (tertiary alicyclic amines) is 1. The van der Waals surface area contributed by atoms with Gasteiger partial charge < -0.3 is 9.64 Å². The second kappa shape index (κ2) is 7.43. The Morgan fingerprint density at radius 1 is 1.16 bits per heavy atom. The third kappa shape index (κ3) is 5.74. The summed E-state index contributed by atoms with van der Waals surface area (Å²) in [6.45, 7) is 8.27. The quantitative estimate of drug-likeness (QED) is 0.832. The Hall–Kier alpha value is -2.09. The Morgan fingerprint density at radius 3 is 2.24 bits per heavy atom. The number of hydrogen-bond donors (Lipinski definition) is 1. The van der Waals surface area contributed by atoms with Crippen molar-refractivity contribution in [3.63, 3.8) is 0 Å². The molecule has 1 aromatic carbocycles. The van der Waals surface area contributed by atoms with E-state index < -0.39 is 15.6 Å². The smallest absolute Gasteiger partial charge is 0.410 e. The number of aryl methyl sites for hydroxylation is 1. The molecular weight excluding hydrogens is 342 g/mol. The highest BCUT2D eigenvalue weighted by molar-refractivity contribution is 7.89. The summed E-state index contributed by atoms with van der Waals surface area (Å²) < 4.78 is 29.8. The number of nitrogens with zero attached hydrogens (tertiary/aromatic N) is 2. The molecule has 2 rings (SSSR count). The maximum atomic E-state index is 12.2. The molecule has 0 bridgehead atoms. The van der Waals surface area contributed by atoms with Crippen LogP contribution in [0.2, 0.25) is 0 Å². The van der Waals surface area contributed by atoms with E-state index in [9.17, 15) is 13.2 Å². The Labute approximate surface area is 149 Å². The maximum absolute atomic E-state index is 12.2. The molecule has 7 nitrogen and oxygen atoms in total. The molecule has 1 aliphatic rings. The molecule has 8 heteroatoms. The van der Waals surface area contributed by atoms with E-state index >= 15 is 0 Å². The Bertz CT molecular complexity index is 739. The zero-order chi connectivity index (χ0) is 18.7. The van der Waals surface area contributed by atoms with Crippen LogP contribution >= 0.6 is 0 Å². The van der Waals surface area contributed by atoms with Crippen LogP contribution in [-0.4, -0.2) is 43.8 Å². The van der Waals surface area contributed by atoms with Crippen molar-refractivity contribution in [1.29, 1.82) is 0 Å². The predicted octanol–water partition coefficient (Wildman–Crippen LogP) is 2.66. The SMILES string of the molecule is Cc1ccc(S(=O)(=O)NN=C2CCN(C(=O)OC(C)(C)C)CC2)cc1. The van der Waals surface area contributed by atoms with Crippen LogP contribution in [0.3, 0.4) is 0 Å². The molecule has 1 N–H and O–H groups in total. The van der Waals surface area contributed by atoms with Crippen LogP contribution in [0.15, 0.2) is 34.3 Å². The lowest BCUT2D eigenvalue weighted by molar-refractivity contribution is 0.0249. The van der Waals surface area contributed by atoms with Gasteiger partial charge in [-0.2, -0.15) is 13.5 Å². The number of piperidine rings is 1. The summed E-state index contributed by atoms with van der Waals surface area (Å²) in [5, 5.41) is 4.02. The number of nitrogens with one attached hydrogen (secondary N) is 1. The molecule has 25 heavy (non-hydrogen) atoms. The number of sulfonamides is 1. The topological polar surface area (TPSA) is 88.1 Å². The Kier molecular flexibility index (Phi) is 5.72. The maximum Gasteiger partial charge on any atom is 0.410 e. The average molecular weight is 367 g/mol. The van der Waals surface area contributed by atoms with E-state index in [1.54, 1.807) is 29.2 Å². The fourth-order valence-corrected chi connectivity index (χ4v) is 3.13. The number of carbonyl (C=O) groups is 1. The first-order valence-corrected chi connectivity index (χ1v) is 9.67. The van der Waals surface area contributed by atoms with Gasteiger partial charge in [0.15, 0.2) is 0 Å². The molecule has 1 saturated heterocycles. The van der Waals surface area contributed by atoms with E-state index in [-0.39, 0.29) is 11.0 Å². The zero-order valence-electron chi connectivity index (χ0n) is 15.1. The number of hydrazone groups is 1. The molecule has 1 fully saturated rings. The molecular formula is C17H25N3O4S. The second-order valence-corrected chi connectivity index (χ2v) is 8.71. The van der Waals surface area contributed by atoms with E-state index in [1.807, 2.05) is 27.7 Å². The summed E-state index contributed by atoms with van der Waals surface area (Å²) >= 11 is 0. The van der Waals surface area contributed by atoms with Gasteiger partial charge in [0, 0.05) is 31.6 Å². The largest absolute Gasteiger partial charge is 0.444 e. The molecule has 0 spiro atoms. The molecule has 1 heterocycles. The highest BCUT2D eigenvalue weighted by atomic mass is 32.2. The minimum Gasteiger partial charge on any atom is -0.444 e. The van der Waals surface area contributed by atoms with Gasteiger partial charge in [-0.1, -0.05) is 17.7 Å². The van der Waals surface area contributed by atoms with Crippen LogP contribution in [0.1, 0.15) is 39.2 Å². The normalized spacial score (nSPS) is 15.7. The van der Waals surface area contributed by atoms with Crippen molar-refractivity contribution in [3.05, 3.63) is 29.8 Å². The first-order valence-electron chi connectivity index (χ1n) is 8.19. The standard InChI is InChI=1S/C17H25N3O4S/c1-13-5-7-15(8-6-13)25(22,23)19-18-14-9-11-20(12-10-14)16(21)24-17(2,3)4/h5-8,19H,9-12H2,1-4H3. The summed E-state index contributed by atoms with van der Waals surface area (Å²) in [5.74, 6) is 0. The fourth-order valence-electron chi connectivity index (χ4n) is 2.28. The van der Waals surface area contributed by atoms with Crippen molar-refractivity contribution in [1.82, 2.24) is 9.73 Å². The first kappa shape index (κ1) is 19.2. The number of amides is 1.